The van der Waals surface area contributed by atoms with Gasteiger partial charge in [-0.2, -0.15) is 12.6 Å². The molecule has 3 amide bonds. The van der Waals surface area contributed by atoms with Crippen molar-refractivity contribution >= 4 is 47.2 Å². The molecule has 2 aromatic rings. The molecule has 1 aromatic carbocycles. The van der Waals surface area contributed by atoms with E-state index in [1.54, 1.807) is 6.20 Å². The Kier molecular flexibility index (Phi) is 8.79. The third kappa shape index (κ3) is 6.15. The fraction of sp³-hybridized carbons (Fsp3) is 0.500. The third-order valence-electron chi connectivity index (χ3n) is 6.37. The first-order chi connectivity index (χ1) is 16.6. The van der Waals surface area contributed by atoms with E-state index in [1.807, 2.05) is 38.1 Å². The van der Waals surface area contributed by atoms with Gasteiger partial charge < -0.3 is 31.4 Å². The van der Waals surface area contributed by atoms with E-state index in [9.17, 15) is 24.3 Å². The maximum atomic E-state index is 13.3. The number of aliphatic carboxylic acids is 1. The highest BCUT2D eigenvalue weighted by Gasteiger charge is 2.38. The molecule has 35 heavy (non-hydrogen) atoms. The van der Waals surface area contributed by atoms with Gasteiger partial charge in [0.05, 0.1) is 6.04 Å². The Labute approximate surface area is 209 Å². The third-order valence-corrected chi connectivity index (χ3v) is 6.74. The molecule has 0 bridgehead atoms. The molecule has 10 nitrogen and oxygen atoms in total. The number of H-pyrrole nitrogens is 1. The lowest BCUT2D eigenvalue weighted by atomic mass is 10.0. The van der Waals surface area contributed by atoms with Crippen LogP contribution < -0.4 is 16.4 Å². The van der Waals surface area contributed by atoms with Gasteiger partial charge in [0.25, 0.3) is 0 Å². The molecule has 190 valence electrons. The van der Waals surface area contributed by atoms with Crippen molar-refractivity contribution in [1.29, 1.82) is 0 Å². The van der Waals surface area contributed by atoms with Crippen LogP contribution in [0.5, 0.6) is 0 Å². The molecule has 0 spiro atoms. The minimum atomic E-state index is -1.22. The predicted molar refractivity (Wildman–Crippen MR) is 135 cm³/mol. The number of fused-ring (bicyclic) bond motifs is 1. The summed E-state index contributed by atoms with van der Waals surface area (Å²) in [6.45, 7) is 4.10. The van der Waals surface area contributed by atoms with Gasteiger partial charge in [-0.05, 0) is 30.4 Å². The van der Waals surface area contributed by atoms with Gasteiger partial charge in [0, 0.05) is 35.8 Å². The number of nitrogens with one attached hydrogen (secondary N) is 3. The van der Waals surface area contributed by atoms with E-state index in [2.05, 4.69) is 28.2 Å². The highest BCUT2D eigenvalue weighted by Crippen LogP contribution is 2.22. The molecular weight excluding hydrogens is 470 g/mol. The summed E-state index contributed by atoms with van der Waals surface area (Å²) in [5, 5.41) is 15.4. The maximum Gasteiger partial charge on any atom is 0.327 e. The summed E-state index contributed by atoms with van der Waals surface area (Å²) in [5.74, 6) is -2.81. The van der Waals surface area contributed by atoms with Crippen molar-refractivity contribution < 1.29 is 24.3 Å². The molecule has 1 saturated heterocycles. The normalized spacial score (nSPS) is 18.3. The van der Waals surface area contributed by atoms with Gasteiger partial charge in [-0.1, -0.05) is 32.0 Å². The van der Waals surface area contributed by atoms with E-state index in [0.29, 0.717) is 19.4 Å². The number of hydrogen-bond acceptors (Lipinski definition) is 6. The van der Waals surface area contributed by atoms with Crippen LogP contribution in [0.15, 0.2) is 30.5 Å². The Hall–Kier alpha value is -3.05. The van der Waals surface area contributed by atoms with E-state index in [0.717, 1.165) is 16.5 Å². The molecule has 2 heterocycles. The first kappa shape index (κ1) is 26.6. The average molecular weight is 504 g/mol. The number of nitrogens with two attached hydrogens (primary N) is 1. The number of para-hydroxylation sites is 1. The van der Waals surface area contributed by atoms with Crippen LogP contribution in [0.4, 0.5) is 0 Å². The fourth-order valence-electron chi connectivity index (χ4n) is 4.24. The Bertz CT molecular complexity index is 1090. The minimum Gasteiger partial charge on any atom is -0.480 e. The highest BCUT2D eigenvalue weighted by molar-refractivity contribution is 7.80. The molecule has 1 aliphatic rings. The number of benzene rings is 1. The number of carboxylic acids is 1. The maximum absolute atomic E-state index is 13.3. The van der Waals surface area contributed by atoms with Crippen molar-refractivity contribution in [3.63, 3.8) is 0 Å². The first-order valence-corrected chi connectivity index (χ1v) is 12.3. The predicted octanol–water partition coefficient (Wildman–Crippen LogP) is 0.669. The van der Waals surface area contributed by atoms with Crippen LogP contribution in [0, 0.1) is 5.92 Å². The fourth-order valence-corrected chi connectivity index (χ4v) is 4.48. The number of hydrogen-bond donors (Lipinski definition) is 6. The van der Waals surface area contributed by atoms with Gasteiger partial charge in [-0.3, -0.25) is 14.4 Å². The molecule has 1 fully saturated rings. The van der Waals surface area contributed by atoms with Gasteiger partial charge in [0.1, 0.15) is 18.1 Å². The number of rotatable bonds is 10. The van der Waals surface area contributed by atoms with E-state index < -0.39 is 42.0 Å². The summed E-state index contributed by atoms with van der Waals surface area (Å²) in [7, 11) is 0. The smallest absolute Gasteiger partial charge is 0.327 e. The SMILES string of the molecule is CC(C)C(N)C(=O)N1CCCC1C(=O)NC(Cc1c[nH]c2ccccc12)C(=O)NC(CS)C(=O)O. The second-order valence-electron chi connectivity index (χ2n) is 9.17. The Morgan fingerprint density at radius 2 is 1.91 bits per heavy atom. The zero-order valence-corrected chi connectivity index (χ0v) is 20.8. The second kappa shape index (κ2) is 11.6. The molecule has 3 rings (SSSR count). The van der Waals surface area contributed by atoms with E-state index in [-0.39, 0.29) is 24.0 Å². The Balaban J connectivity index is 1.82. The van der Waals surface area contributed by atoms with Crippen LogP contribution in [0.25, 0.3) is 10.9 Å². The largest absolute Gasteiger partial charge is 0.480 e. The first-order valence-electron chi connectivity index (χ1n) is 11.7. The number of thiol groups is 1. The Morgan fingerprint density at radius 3 is 2.57 bits per heavy atom. The minimum absolute atomic E-state index is 0.0820. The van der Waals surface area contributed by atoms with Crippen LogP contribution in [0.1, 0.15) is 32.3 Å². The van der Waals surface area contributed by atoms with Crippen LogP contribution >= 0.6 is 12.6 Å². The molecule has 4 atom stereocenters. The number of aromatic nitrogens is 1. The Morgan fingerprint density at radius 1 is 1.20 bits per heavy atom. The number of nitrogens with zero attached hydrogens (tertiary/aromatic N) is 1. The summed E-state index contributed by atoms with van der Waals surface area (Å²) in [4.78, 5) is 55.3. The molecule has 1 aromatic heterocycles. The lowest BCUT2D eigenvalue weighted by molar-refractivity contribution is -0.142. The number of carbonyl (C=O) groups is 4. The number of carboxylic acid groups (broad SMARTS) is 1. The van der Waals surface area contributed by atoms with Crippen LogP contribution in [-0.2, 0) is 25.6 Å². The van der Waals surface area contributed by atoms with E-state index >= 15 is 0 Å². The van der Waals surface area contributed by atoms with Gasteiger partial charge in [-0.15, -0.1) is 0 Å². The standard InChI is InChI=1S/C24H33N5O5S/c1-13(2)20(25)23(32)29-9-5-8-19(29)22(31)27-17(21(30)28-18(12-35)24(33)34)10-14-11-26-16-7-4-3-6-15(14)16/h3-4,6-7,11,13,17-20,26,35H,5,8-10,12,25H2,1-2H3,(H,27,31)(H,28,30)(H,33,34). The molecule has 4 unspecified atom stereocenters. The molecular formula is C24H33N5O5S. The number of carbonyl (C=O) groups excluding carboxylic acids is 3. The molecule has 0 radical (unpaired) electrons. The number of aromatic amines is 1. The average Bonchev–Trinajstić information content (AvgIpc) is 3.48. The summed E-state index contributed by atoms with van der Waals surface area (Å²) in [6, 6.07) is 3.82. The summed E-state index contributed by atoms with van der Waals surface area (Å²) in [5.41, 5.74) is 7.71. The number of likely N-dealkylation sites (tertiary alicyclic amines) is 1. The summed E-state index contributed by atoms with van der Waals surface area (Å²) >= 11 is 4.00. The van der Waals surface area contributed by atoms with Gasteiger partial charge in [-0.25, -0.2) is 4.79 Å². The quantitative estimate of drug-likeness (QED) is 0.262. The molecule has 0 aliphatic carbocycles. The van der Waals surface area contributed by atoms with E-state index in [4.69, 9.17) is 5.73 Å². The number of amides is 3. The lowest BCUT2D eigenvalue weighted by Crippen LogP contribution is -2.57. The van der Waals surface area contributed by atoms with Crippen LogP contribution in [0.3, 0.4) is 0 Å². The van der Waals surface area contributed by atoms with Crippen LogP contribution in [0.2, 0.25) is 0 Å². The monoisotopic (exact) mass is 503 g/mol. The molecule has 11 heteroatoms. The molecule has 0 saturated carbocycles. The second-order valence-corrected chi connectivity index (χ2v) is 9.53. The van der Waals surface area contributed by atoms with E-state index in [1.165, 1.54) is 4.90 Å². The molecule has 1 aliphatic heterocycles. The zero-order chi connectivity index (χ0) is 25.7. The topological polar surface area (TPSA) is 158 Å². The zero-order valence-electron chi connectivity index (χ0n) is 19.9. The van der Waals surface area contributed by atoms with Gasteiger partial charge >= 0.3 is 5.97 Å². The lowest BCUT2D eigenvalue weighted by Gasteiger charge is -2.29. The van der Waals surface area contributed by atoms with Gasteiger partial charge in [0.2, 0.25) is 17.7 Å². The summed E-state index contributed by atoms with van der Waals surface area (Å²) < 4.78 is 0. The van der Waals surface area contributed by atoms with Crippen molar-refractivity contribution in [3.05, 3.63) is 36.0 Å². The molecule has 6 N–H and O–H groups in total. The van der Waals surface area contributed by atoms with Crippen molar-refractivity contribution in [2.75, 3.05) is 12.3 Å². The van der Waals surface area contributed by atoms with Crippen molar-refractivity contribution in [1.82, 2.24) is 20.5 Å². The van der Waals surface area contributed by atoms with Crippen molar-refractivity contribution in [2.24, 2.45) is 11.7 Å². The van der Waals surface area contributed by atoms with Crippen LogP contribution in [-0.4, -0.2) is 75.1 Å². The van der Waals surface area contributed by atoms with Crippen molar-refractivity contribution in [3.8, 4) is 0 Å². The van der Waals surface area contributed by atoms with Crippen molar-refractivity contribution in [2.45, 2.75) is 57.3 Å². The summed E-state index contributed by atoms with van der Waals surface area (Å²) in [6.07, 6.45) is 3.00. The highest BCUT2D eigenvalue weighted by atomic mass is 32.1. The van der Waals surface area contributed by atoms with Gasteiger partial charge in [0.15, 0.2) is 0 Å².